The number of carboxylic acid groups (broad SMARTS) is 1. The fourth-order valence-electron chi connectivity index (χ4n) is 1.59. The maximum atomic E-state index is 10.4. The highest BCUT2D eigenvalue weighted by Crippen LogP contribution is 2.27. The molecule has 0 aliphatic carbocycles. The Morgan fingerprint density at radius 3 is 3.27 bits per heavy atom. The molecule has 0 bridgehead atoms. The summed E-state index contributed by atoms with van der Waals surface area (Å²) in [5.74, 6) is -0.345. The summed E-state index contributed by atoms with van der Waals surface area (Å²) in [6.45, 7) is 1.57. The predicted octanol–water partition coefficient (Wildman–Crippen LogP) is 1.66. The summed E-state index contributed by atoms with van der Waals surface area (Å²) in [4.78, 5) is 14.8. The van der Waals surface area contributed by atoms with Crippen molar-refractivity contribution >= 4 is 17.3 Å². The van der Waals surface area contributed by atoms with Gasteiger partial charge in [0, 0.05) is 24.3 Å². The minimum atomic E-state index is -0.770. The fraction of sp³-hybridized carbons (Fsp3) is 0.600. The standard InChI is InChI=1S/C10H13NO3S/c12-9(13)2-1-8-6-15-10(11-8)7-3-4-14-5-7/h6-7H,1-5H2,(H,12,13). The number of ether oxygens (including phenoxy) is 1. The predicted molar refractivity (Wildman–Crippen MR) is 56.2 cm³/mol. The van der Waals surface area contributed by atoms with Crippen LogP contribution in [0.4, 0.5) is 0 Å². The molecule has 1 aromatic rings. The average molecular weight is 227 g/mol. The van der Waals surface area contributed by atoms with Gasteiger partial charge in [0.15, 0.2) is 0 Å². The Morgan fingerprint density at radius 1 is 1.73 bits per heavy atom. The van der Waals surface area contributed by atoms with Gasteiger partial charge in [-0.2, -0.15) is 0 Å². The van der Waals surface area contributed by atoms with Crippen molar-refractivity contribution < 1.29 is 14.6 Å². The topological polar surface area (TPSA) is 59.4 Å². The number of hydrogen-bond donors (Lipinski definition) is 1. The van der Waals surface area contributed by atoms with Gasteiger partial charge in [-0.15, -0.1) is 11.3 Å². The first-order valence-electron chi connectivity index (χ1n) is 4.99. The molecule has 2 heterocycles. The van der Waals surface area contributed by atoms with E-state index in [1.165, 1.54) is 0 Å². The number of aryl methyl sites for hydroxylation is 1. The van der Waals surface area contributed by atoms with Crippen molar-refractivity contribution in [1.29, 1.82) is 0 Å². The van der Waals surface area contributed by atoms with Gasteiger partial charge in [-0.05, 0) is 6.42 Å². The van der Waals surface area contributed by atoms with E-state index in [4.69, 9.17) is 9.84 Å². The SMILES string of the molecule is O=C(O)CCc1csc(C2CCOC2)n1. The number of aliphatic carboxylic acids is 1. The summed E-state index contributed by atoms with van der Waals surface area (Å²) in [7, 11) is 0. The third-order valence-corrected chi connectivity index (χ3v) is 3.50. The van der Waals surface area contributed by atoms with Crippen molar-refractivity contribution in [3.05, 3.63) is 16.1 Å². The minimum Gasteiger partial charge on any atom is -0.481 e. The molecule has 1 aromatic heterocycles. The van der Waals surface area contributed by atoms with Gasteiger partial charge in [-0.1, -0.05) is 0 Å². The van der Waals surface area contributed by atoms with Crippen LogP contribution in [0.1, 0.15) is 29.5 Å². The number of thiazole rings is 1. The van der Waals surface area contributed by atoms with E-state index in [1.54, 1.807) is 11.3 Å². The second-order valence-electron chi connectivity index (χ2n) is 3.63. The summed E-state index contributed by atoms with van der Waals surface area (Å²) < 4.78 is 5.29. The highest BCUT2D eigenvalue weighted by Gasteiger charge is 2.20. The van der Waals surface area contributed by atoms with Gasteiger partial charge in [0.2, 0.25) is 0 Å². The van der Waals surface area contributed by atoms with Gasteiger partial charge in [0.25, 0.3) is 0 Å². The van der Waals surface area contributed by atoms with E-state index in [1.807, 2.05) is 5.38 Å². The summed E-state index contributed by atoms with van der Waals surface area (Å²) in [6.07, 6.45) is 1.72. The second-order valence-corrected chi connectivity index (χ2v) is 4.52. The number of carbonyl (C=O) groups is 1. The Bertz CT molecular complexity index is 344. The molecule has 1 fully saturated rings. The van der Waals surface area contributed by atoms with Crippen molar-refractivity contribution in [2.75, 3.05) is 13.2 Å². The van der Waals surface area contributed by atoms with Crippen LogP contribution < -0.4 is 0 Å². The Kier molecular flexibility index (Phi) is 3.33. The summed E-state index contributed by atoms with van der Waals surface area (Å²) >= 11 is 1.61. The fourth-order valence-corrected chi connectivity index (χ4v) is 2.56. The lowest BCUT2D eigenvalue weighted by Gasteiger charge is -2.00. The lowest BCUT2D eigenvalue weighted by atomic mass is 10.1. The highest BCUT2D eigenvalue weighted by atomic mass is 32.1. The summed E-state index contributed by atoms with van der Waals surface area (Å²) in [5.41, 5.74) is 0.893. The second kappa shape index (κ2) is 4.72. The van der Waals surface area contributed by atoms with E-state index in [9.17, 15) is 4.79 Å². The molecular weight excluding hydrogens is 214 g/mol. The van der Waals surface area contributed by atoms with E-state index in [0.717, 1.165) is 30.3 Å². The van der Waals surface area contributed by atoms with Crippen LogP contribution in [-0.4, -0.2) is 29.3 Å². The molecule has 2 rings (SSSR count). The Labute approximate surface area is 91.9 Å². The molecule has 5 heteroatoms. The van der Waals surface area contributed by atoms with Crippen molar-refractivity contribution in [2.24, 2.45) is 0 Å². The molecular formula is C10H13NO3S. The van der Waals surface area contributed by atoms with E-state index in [-0.39, 0.29) is 6.42 Å². The van der Waals surface area contributed by atoms with Crippen molar-refractivity contribution in [2.45, 2.75) is 25.2 Å². The molecule has 1 N–H and O–H groups in total. The zero-order valence-corrected chi connectivity index (χ0v) is 9.13. The van der Waals surface area contributed by atoms with Crippen LogP contribution in [0.25, 0.3) is 0 Å². The van der Waals surface area contributed by atoms with Crippen molar-refractivity contribution in [3.63, 3.8) is 0 Å². The van der Waals surface area contributed by atoms with E-state index in [0.29, 0.717) is 12.3 Å². The Balaban J connectivity index is 1.94. The maximum absolute atomic E-state index is 10.4. The molecule has 0 amide bonds. The number of carboxylic acids is 1. The lowest BCUT2D eigenvalue weighted by Crippen LogP contribution is -2.00. The number of nitrogens with zero attached hydrogens (tertiary/aromatic N) is 1. The molecule has 1 atom stereocenters. The molecule has 15 heavy (non-hydrogen) atoms. The first kappa shape index (κ1) is 10.6. The molecule has 1 unspecified atom stereocenters. The number of aromatic nitrogens is 1. The molecule has 0 radical (unpaired) electrons. The van der Waals surface area contributed by atoms with Crippen LogP contribution >= 0.6 is 11.3 Å². The quantitative estimate of drug-likeness (QED) is 0.850. The van der Waals surface area contributed by atoms with Crippen LogP contribution in [0.3, 0.4) is 0 Å². The zero-order chi connectivity index (χ0) is 10.7. The zero-order valence-electron chi connectivity index (χ0n) is 8.31. The van der Waals surface area contributed by atoms with Crippen LogP contribution in [0.15, 0.2) is 5.38 Å². The minimum absolute atomic E-state index is 0.157. The van der Waals surface area contributed by atoms with Gasteiger partial charge in [-0.25, -0.2) is 4.98 Å². The molecule has 1 saturated heterocycles. The van der Waals surface area contributed by atoms with E-state index in [2.05, 4.69) is 4.98 Å². The number of rotatable bonds is 4. The first-order chi connectivity index (χ1) is 7.25. The Morgan fingerprint density at radius 2 is 2.60 bits per heavy atom. The molecule has 4 nitrogen and oxygen atoms in total. The van der Waals surface area contributed by atoms with Crippen LogP contribution in [-0.2, 0) is 16.0 Å². The average Bonchev–Trinajstić information content (AvgIpc) is 2.85. The maximum Gasteiger partial charge on any atom is 0.303 e. The third-order valence-electron chi connectivity index (χ3n) is 2.44. The molecule has 0 spiro atoms. The monoisotopic (exact) mass is 227 g/mol. The van der Waals surface area contributed by atoms with Crippen LogP contribution in [0.2, 0.25) is 0 Å². The normalized spacial score (nSPS) is 20.7. The largest absolute Gasteiger partial charge is 0.481 e. The molecule has 1 aliphatic rings. The highest BCUT2D eigenvalue weighted by molar-refractivity contribution is 7.09. The molecule has 82 valence electrons. The van der Waals surface area contributed by atoms with Gasteiger partial charge >= 0.3 is 5.97 Å². The molecule has 1 aliphatic heterocycles. The van der Waals surface area contributed by atoms with Gasteiger partial charge < -0.3 is 9.84 Å². The van der Waals surface area contributed by atoms with E-state index >= 15 is 0 Å². The van der Waals surface area contributed by atoms with Gasteiger partial charge in [0.05, 0.1) is 23.7 Å². The molecule has 0 aromatic carbocycles. The van der Waals surface area contributed by atoms with Gasteiger partial charge in [0.1, 0.15) is 0 Å². The lowest BCUT2D eigenvalue weighted by molar-refractivity contribution is -0.136. The Hall–Kier alpha value is -0.940. The number of hydrogen-bond acceptors (Lipinski definition) is 4. The molecule has 0 saturated carbocycles. The summed E-state index contributed by atoms with van der Waals surface area (Å²) in [5, 5.41) is 11.6. The van der Waals surface area contributed by atoms with Crippen LogP contribution in [0.5, 0.6) is 0 Å². The van der Waals surface area contributed by atoms with Crippen molar-refractivity contribution in [1.82, 2.24) is 4.98 Å². The third kappa shape index (κ3) is 2.76. The van der Waals surface area contributed by atoms with Crippen molar-refractivity contribution in [3.8, 4) is 0 Å². The summed E-state index contributed by atoms with van der Waals surface area (Å²) in [6, 6.07) is 0. The van der Waals surface area contributed by atoms with E-state index < -0.39 is 5.97 Å². The first-order valence-corrected chi connectivity index (χ1v) is 5.87. The van der Waals surface area contributed by atoms with Gasteiger partial charge in [-0.3, -0.25) is 4.79 Å². The smallest absolute Gasteiger partial charge is 0.303 e. The van der Waals surface area contributed by atoms with Crippen LogP contribution in [0, 0.1) is 0 Å².